The van der Waals surface area contributed by atoms with E-state index in [4.69, 9.17) is 0 Å². The van der Waals surface area contributed by atoms with Crippen molar-refractivity contribution in [2.45, 2.75) is 38.4 Å². The summed E-state index contributed by atoms with van der Waals surface area (Å²) in [6.07, 6.45) is 2.05. The molecule has 0 atom stereocenters. The maximum Gasteiger partial charge on any atom is 0.243 e. The largest absolute Gasteiger partial charge is 0.356 e. The van der Waals surface area contributed by atoms with Crippen molar-refractivity contribution in [2.75, 3.05) is 46.0 Å². The molecule has 23 heavy (non-hydrogen) atoms. The van der Waals surface area contributed by atoms with Crippen LogP contribution in [0.15, 0.2) is 4.99 Å². The van der Waals surface area contributed by atoms with Crippen LogP contribution in [0.1, 0.15) is 33.6 Å². The summed E-state index contributed by atoms with van der Waals surface area (Å²) in [7, 11) is 0.289. The molecule has 0 aliphatic carbocycles. The van der Waals surface area contributed by atoms with Crippen LogP contribution in [0.3, 0.4) is 0 Å². The number of unbranched alkanes of at least 4 members (excludes halogenated alkanes) is 1. The van der Waals surface area contributed by atoms with Crippen LogP contribution >= 0.6 is 0 Å². The monoisotopic (exact) mass is 346 g/mol. The first-order valence-electron chi connectivity index (χ1n) is 8.06. The lowest BCUT2D eigenvalue weighted by atomic mass is 10.2. The van der Waals surface area contributed by atoms with E-state index in [9.17, 15) is 13.2 Å². The number of carbonyl (C=O) groups excluding carboxylic acids is 1. The highest BCUT2D eigenvalue weighted by Gasteiger charge is 2.41. The topological polar surface area (TPSA) is 82.1 Å². The van der Waals surface area contributed by atoms with E-state index in [1.54, 1.807) is 27.9 Å². The molecule has 0 unspecified atom stereocenters. The Balaban J connectivity index is 2.87. The van der Waals surface area contributed by atoms with Gasteiger partial charge in [0, 0.05) is 33.7 Å². The van der Waals surface area contributed by atoms with Gasteiger partial charge in [-0.2, -0.15) is 0 Å². The number of guanidine groups is 1. The Morgan fingerprint density at radius 1 is 1.35 bits per heavy atom. The van der Waals surface area contributed by atoms with E-state index in [1.807, 2.05) is 4.90 Å². The highest BCUT2D eigenvalue weighted by molar-refractivity contribution is 7.92. The zero-order valence-corrected chi connectivity index (χ0v) is 15.7. The number of aliphatic imine (C=N–C) groups is 1. The van der Waals surface area contributed by atoms with E-state index in [0.717, 1.165) is 19.4 Å². The molecule has 134 valence electrons. The number of nitrogens with zero attached hydrogens (tertiary/aromatic N) is 3. The third-order valence-electron chi connectivity index (χ3n) is 4.02. The smallest absolute Gasteiger partial charge is 0.243 e. The van der Waals surface area contributed by atoms with E-state index in [2.05, 4.69) is 17.2 Å². The number of hydrogen-bond donors (Lipinski definition) is 1. The molecule has 0 bridgehead atoms. The Hall–Kier alpha value is -1.31. The Morgan fingerprint density at radius 2 is 2.00 bits per heavy atom. The molecule has 1 saturated heterocycles. The molecule has 7 nitrogen and oxygen atoms in total. The lowest BCUT2D eigenvalue weighted by Crippen LogP contribution is -2.57. The van der Waals surface area contributed by atoms with Crippen molar-refractivity contribution < 1.29 is 13.2 Å². The third-order valence-corrected chi connectivity index (χ3v) is 6.55. The summed E-state index contributed by atoms with van der Waals surface area (Å²) < 4.78 is 23.5. The Labute approximate surface area is 140 Å². The quantitative estimate of drug-likeness (QED) is 0.441. The van der Waals surface area contributed by atoms with Crippen molar-refractivity contribution in [3.05, 3.63) is 0 Å². The normalized spacial score (nSPS) is 20.2. The molecule has 0 radical (unpaired) electrons. The van der Waals surface area contributed by atoms with Gasteiger partial charge in [-0.05, 0) is 20.3 Å². The fourth-order valence-corrected chi connectivity index (χ4v) is 3.62. The van der Waals surface area contributed by atoms with Gasteiger partial charge in [0.05, 0.1) is 10.5 Å². The molecule has 8 heteroatoms. The zero-order chi connectivity index (χ0) is 17.7. The molecular weight excluding hydrogens is 316 g/mol. The molecule has 1 rings (SSSR count). The molecule has 0 aromatic heterocycles. The van der Waals surface area contributed by atoms with Crippen LogP contribution in [0.5, 0.6) is 0 Å². The van der Waals surface area contributed by atoms with Gasteiger partial charge >= 0.3 is 0 Å². The lowest BCUT2D eigenvalue weighted by Gasteiger charge is -2.39. The summed E-state index contributed by atoms with van der Waals surface area (Å²) >= 11 is 0. The Bertz CT molecular complexity index is 541. The van der Waals surface area contributed by atoms with Gasteiger partial charge in [0.1, 0.15) is 6.54 Å². The molecule has 1 N–H and O–H groups in total. The van der Waals surface area contributed by atoms with Crippen LogP contribution in [0, 0.1) is 0 Å². The highest BCUT2D eigenvalue weighted by Crippen LogP contribution is 2.23. The van der Waals surface area contributed by atoms with E-state index in [0.29, 0.717) is 19.0 Å². The van der Waals surface area contributed by atoms with Crippen LogP contribution in [-0.4, -0.2) is 80.9 Å². The van der Waals surface area contributed by atoms with Gasteiger partial charge in [0.2, 0.25) is 5.91 Å². The number of carbonyl (C=O) groups is 1. The summed E-state index contributed by atoms with van der Waals surface area (Å²) in [6.45, 7) is 7.18. The zero-order valence-electron chi connectivity index (χ0n) is 14.9. The number of amides is 1. The number of nitrogens with one attached hydrogen (secondary N) is 1. The van der Waals surface area contributed by atoms with Gasteiger partial charge < -0.3 is 15.1 Å². The molecule has 0 spiro atoms. The first kappa shape index (κ1) is 19.7. The number of likely N-dealkylation sites (N-methyl/N-ethyl adjacent to an activating group) is 1. The van der Waals surface area contributed by atoms with E-state index in [1.165, 1.54) is 4.90 Å². The molecule has 0 saturated carbocycles. The SMILES string of the molecule is CCCCNC(=NCC(=O)N(C)C)N1CCS(=O)(=O)C(C)(C)C1. The second kappa shape index (κ2) is 7.99. The summed E-state index contributed by atoms with van der Waals surface area (Å²) in [5, 5.41) is 3.26. The van der Waals surface area contributed by atoms with Crippen molar-refractivity contribution in [2.24, 2.45) is 4.99 Å². The molecule has 1 aliphatic rings. The van der Waals surface area contributed by atoms with Crippen molar-refractivity contribution in [3.63, 3.8) is 0 Å². The van der Waals surface area contributed by atoms with Gasteiger partial charge in [0.15, 0.2) is 15.8 Å². The van der Waals surface area contributed by atoms with Crippen LogP contribution in [-0.2, 0) is 14.6 Å². The first-order valence-corrected chi connectivity index (χ1v) is 9.71. The van der Waals surface area contributed by atoms with Crippen molar-refractivity contribution >= 4 is 21.7 Å². The minimum Gasteiger partial charge on any atom is -0.356 e. The predicted molar refractivity (Wildman–Crippen MR) is 93.3 cm³/mol. The summed E-state index contributed by atoms with van der Waals surface area (Å²) in [6, 6.07) is 0. The minimum atomic E-state index is -3.10. The fraction of sp³-hybridized carbons (Fsp3) is 0.867. The maximum absolute atomic E-state index is 12.1. The molecule has 0 aromatic carbocycles. The van der Waals surface area contributed by atoms with Crippen LogP contribution < -0.4 is 5.32 Å². The van der Waals surface area contributed by atoms with Crippen LogP contribution in [0.4, 0.5) is 0 Å². The molecule has 0 aromatic rings. The molecule has 1 aliphatic heterocycles. The van der Waals surface area contributed by atoms with Gasteiger partial charge in [-0.3, -0.25) is 4.79 Å². The van der Waals surface area contributed by atoms with E-state index >= 15 is 0 Å². The number of sulfone groups is 1. The molecule has 1 heterocycles. The highest BCUT2D eigenvalue weighted by atomic mass is 32.2. The van der Waals surface area contributed by atoms with Crippen molar-refractivity contribution in [1.29, 1.82) is 0 Å². The fourth-order valence-electron chi connectivity index (χ4n) is 2.25. The number of hydrogen-bond acceptors (Lipinski definition) is 4. The lowest BCUT2D eigenvalue weighted by molar-refractivity contribution is -0.127. The standard InChI is InChI=1S/C15H30N4O3S/c1-6-7-8-16-14(17-11-13(20)18(4)5)19-9-10-23(21,22)15(2,3)12-19/h6-12H2,1-5H3,(H,16,17). The predicted octanol–water partition coefficient (Wildman–Crippen LogP) is 0.329. The van der Waals surface area contributed by atoms with E-state index in [-0.39, 0.29) is 18.2 Å². The van der Waals surface area contributed by atoms with Crippen LogP contribution in [0.2, 0.25) is 0 Å². The average molecular weight is 346 g/mol. The molecule has 1 fully saturated rings. The molecular formula is C15H30N4O3S. The van der Waals surface area contributed by atoms with Crippen molar-refractivity contribution in [3.8, 4) is 0 Å². The minimum absolute atomic E-state index is 0.0607. The number of rotatable bonds is 5. The molecule has 1 amide bonds. The van der Waals surface area contributed by atoms with Gasteiger partial charge in [-0.15, -0.1) is 0 Å². The van der Waals surface area contributed by atoms with Crippen LogP contribution in [0.25, 0.3) is 0 Å². The van der Waals surface area contributed by atoms with Gasteiger partial charge in [0.25, 0.3) is 0 Å². The summed E-state index contributed by atoms with van der Waals surface area (Å²) in [4.78, 5) is 19.6. The first-order chi connectivity index (χ1) is 10.6. The van der Waals surface area contributed by atoms with Gasteiger partial charge in [-0.25, -0.2) is 13.4 Å². The average Bonchev–Trinajstić information content (AvgIpc) is 2.45. The third kappa shape index (κ3) is 5.37. The second-order valence-corrected chi connectivity index (χ2v) is 9.45. The van der Waals surface area contributed by atoms with Crippen molar-refractivity contribution in [1.82, 2.24) is 15.1 Å². The summed E-state index contributed by atoms with van der Waals surface area (Å²) in [5.74, 6) is 0.649. The van der Waals surface area contributed by atoms with E-state index < -0.39 is 14.6 Å². The Morgan fingerprint density at radius 3 is 2.52 bits per heavy atom. The maximum atomic E-state index is 12.1. The second-order valence-electron chi connectivity index (χ2n) is 6.71. The summed E-state index contributed by atoms with van der Waals surface area (Å²) in [5.41, 5.74) is 0. The Kier molecular flexibility index (Phi) is 6.85. The van der Waals surface area contributed by atoms with Gasteiger partial charge in [-0.1, -0.05) is 13.3 Å².